The van der Waals surface area contributed by atoms with Crippen LogP contribution in [0, 0.1) is 6.92 Å². The van der Waals surface area contributed by atoms with Crippen molar-refractivity contribution in [3.63, 3.8) is 0 Å². The van der Waals surface area contributed by atoms with Crippen LogP contribution in [0.4, 0.5) is 0 Å². The van der Waals surface area contributed by atoms with Crippen LogP contribution in [-0.2, 0) is 0 Å². The summed E-state index contributed by atoms with van der Waals surface area (Å²) in [5.41, 5.74) is 2.20. The first-order chi connectivity index (χ1) is 9.13. The lowest BCUT2D eigenvalue weighted by Crippen LogP contribution is -2.35. The monoisotopic (exact) mass is 259 g/mol. The Balaban J connectivity index is 2.26. The Morgan fingerprint density at radius 3 is 2.74 bits per heavy atom. The van der Waals surface area contributed by atoms with Crippen LogP contribution in [-0.4, -0.2) is 33.4 Å². The number of aliphatic hydroxyl groups excluding tert-OH is 1. The number of amides is 1. The van der Waals surface area contributed by atoms with Crippen molar-refractivity contribution in [3.8, 4) is 5.69 Å². The molecule has 0 saturated carbocycles. The zero-order valence-electron chi connectivity index (χ0n) is 11.0. The van der Waals surface area contributed by atoms with Crippen LogP contribution in [0.5, 0.6) is 0 Å². The highest BCUT2D eigenvalue weighted by molar-refractivity contribution is 5.95. The van der Waals surface area contributed by atoms with E-state index < -0.39 is 0 Å². The number of benzene rings is 1. The Morgan fingerprint density at radius 1 is 1.42 bits per heavy atom. The number of aliphatic hydroxyl groups is 1. The molecular weight excluding hydrogens is 242 g/mol. The fourth-order valence-electron chi connectivity index (χ4n) is 1.81. The molecule has 0 aliphatic carbocycles. The molecule has 0 bridgehead atoms. The third-order valence-electron chi connectivity index (χ3n) is 2.91. The third kappa shape index (κ3) is 2.82. The van der Waals surface area contributed by atoms with Gasteiger partial charge in [0.25, 0.3) is 5.91 Å². The molecule has 1 aromatic heterocycles. The maximum absolute atomic E-state index is 12.0. The van der Waals surface area contributed by atoms with Crippen LogP contribution < -0.4 is 5.32 Å². The average molecular weight is 259 g/mol. The minimum absolute atomic E-state index is 0.0857. The molecule has 0 aliphatic heterocycles. The van der Waals surface area contributed by atoms with Crippen molar-refractivity contribution in [2.45, 2.75) is 19.9 Å². The summed E-state index contributed by atoms with van der Waals surface area (Å²) in [7, 11) is 0. The molecule has 5 nitrogen and oxygen atoms in total. The van der Waals surface area contributed by atoms with Crippen molar-refractivity contribution in [2.24, 2.45) is 0 Å². The second-order valence-corrected chi connectivity index (χ2v) is 4.45. The van der Waals surface area contributed by atoms with Crippen molar-refractivity contribution < 1.29 is 9.90 Å². The molecule has 0 unspecified atom stereocenters. The van der Waals surface area contributed by atoms with Crippen molar-refractivity contribution >= 4 is 5.91 Å². The molecule has 2 rings (SSSR count). The van der Waals surface area contributed by atoms with E-state index in [1.54, 1.807) is 17.8 Å². The van der Waals surface area contributed by atoms with Crippen molar-refractivity contribution in [1.82, 2.24) is 15.1 Å². The molecule has 0 radical (unpaired) electrons. The first kappa shape index (κ1) is 13.3. The van der Waals surface area contributed by atoms with Gasteiger partial charge in [-0.2, -0.15) is 5.10 Å². The van der Waals surface area contributed by atoms with Gasteiger partial charge in [0.15, 0.2) is 0 Å². The summed E-state index contributed by atoms with van der Waals surface area (Å²) < 4.78 is 1.72. The molecule has 2 N–H and O–H groups in total. The summed E-state index contributed by atoms with van der Waals surface area (Å²) in [5.74, 6) is -0.221. The predicted octanol–water partition coefficient (Wildman–Crippen LogP) is 1.29. The lowest BCUT2D eigenvalue weighted by Gasteiger charge is -2.10. The lowest BCUT2D eigenvalue weighted by atomic mass is 10.2. The first-order valence-corrected chi connectivity index (χ1v) is 6.15. The van der Waals surface area contributed by atoms with Crippen molar-refractivity contribution in [2.75, 3.05) is 6.61 Å². The van der Waals surface area contributed by atoms with E-state index in [2.05, 4.69) is 10.4 Å². The molecule has 1 aromatic carbocycles. The third-order valence-corrected chi connectivity index (χ3v) is 2.91. The van der Waals surface area contributed by atoms with Gasteiger partial charge in [-0.3, -0.25) is 4.79 Å². The van der Waals surface area contributed by atoms with Crippen LogP contribution in [0.1, 0.15) is 23.0 Å². The van der Waals surface area contributed by atoms with Gasteiger partial charge < -0.3 is 10.4 Å². The minimum atomic E-state index is -0.271. The number of carbonyl (C=O) groups excluding carboxylic acids is 1. The highest BCUT2D eigenvalue weighted by Crippen LogP contribution is 2.13. The van der Waals surface area contributed by atoms with Gasteiger partial charge in [0.2, 0.25) is 0 Å². The second-order valence-electron chi connectivity index (χ2n) is 4.45. The Kier molecular flexibility index (Phi) is 3.97. The molecule has 1 heterocycles. The smallest absolute Gasteiger partial charge is 0.255 e. The van der Waals surface area contributed by atoms with E-state index in [4.69, 9.17) is 5.11 Å². The molecule has 0 saturated heterocycles. The van der Waals surface area contributed by atoms with Crippen LogP contribution in [0.15, 0.2) is 36.5 Å². The standard InChI is InChI=1S/C14H17N3O2/c1-10(9-18)16-14(19)13-8-15-17(11(13)2)12-6-4-3-5-7-12/h3-8,10,18H,9H2,1-2H3,(H,16,19)/t10-/m1/s1. The van der Waals surface area contributed by atoms with Crippen molar-refractivity contribution in [3.05, 3.63) is 47.8 Å². The summed E-state index contributed by atoms with van der Waals surface area (Å²) in [6, 6.07) is 9.36. The number of para-hydroxylation sites is 1. The minimum Gasteiger partial charge on any atom is -0.394 e. The largest absolute Gasteiger partial charge is 0.394 e. The van der Waals surface area contributed by atoms with Gasteiger partial charge in [-0.25, -0.2) is 4.68 Å². The van der Waals surface area contributed by atoms with E-state index in [1.165, 1.54) is 0 Å². The second kappa shape index (κ2) is 5.67. The molecule has 19 heavy (non-hydrogen) atoms. The number of aromatic nitrogens is 2. The van der Waals surface area contributed by atoms with Gasteiger partial charge in [-0.1, -0.05) is 18.2 Å². The van der Waals surface area contributed by atoms with E-state index >= 15 is 0 Å². The van der Waals surface area contributed by atoms with Crippen LogP contribution in [0.3, 0.4) is 0 Å². The molecule has 0 fully saturated rings. The number of hydrogen-bond donors (Lipinski definition) is 2. The van der Waals surface area contributed by atoms with Gasteiger partial charge >= 0.3 is 0 Å². The van der Waals surface area contributed by atoms with Crippen molar-refractivity contribution in [1.29, 1.82) is 0 Å². The summed E-state index contributed by atoms with van der Waals surface area (Å²) in [6.45, 7) is 3.50. The van der Waals surface area contributed by atoms with E-state index in [0.717, 1.165) is 11.4 Å². The molecule has 100 valence electrons. The number of carbonyl (C=O) groups is 1. The zero-order valence-corrected chi connectivity index (χ0v) is 11.0. The number of nitrogens with one attached hydrogen (secondary N) is 1. The molecular formula is C14H17N3O2. The van der Waals surface area contributed by atoms with Gasteiger partial charge in [0.05, 0.1) is 29.7 Å². The zero-order chi connectivity index (χ0) is 13.8. The normalized spacial score (nSPS) is 12.2. The van der Waals surface area contributed by atoms with E-state index in [9.17, 15) is 4.79 Å². The van der Waals surface area contributed by atoms with E-state index in [-0.39, 0.29) is 18.6 Å². The van der Waals surface area contributed by atoms with Crippen LogP contribution in [0.25, 0.3) is 5.69 Å². The first-order valence-electron chi connectivity index (χ1n) is 6.15. The summed E-state index contributed by atoms with van der Waals surface area (Å²) in [4.78, 5) is 12.0. The summed E-state index contributed by atoms with van der Waals surface area (Å²) >= 11 is 0. The van der Waals surface area contributed by atoms with Crippen LogP contribution >= 0.6 is 0 Å². The average Bonchev–Trinajstić information content (AvgIpc) is 2.81. The number of hydrogen-bond acceptors (Lipinski definition) is 3. The van der Waals surface area contributed by atoms with Gasteiger partial charge in [0.1, 0.15) is 0 Å². The van der Waals surface area contributed by atoms with Gasteiger partial charge in [0, 0.05) is 6.04 Å². The Morgan fingerprint density at radius 2 is 2.11 bits per heavy atom. The molecule has 0 aliphatic rings. The summed E-state index contributed by atoms with van der Waals surface area (Å²) in [5, 5.41) is 15.9. The maximum Gasteiger partial charge on any atom is 0.255 e. The molecule has 1 atom stereocenters. The molecule has 1 amide bonds. The predicted molar refractivity (Wildman–Crippen MR) is 72.3 cm³/mol. The molecule has 2 aromatic rings. The SMILES string of the molecule is Cc1c(C(=O)N[C@H](C)CO)cnn1-c1ccccc1. The number of rotatable bonds is 4. The maximum atomic E-state index is 12.0. The lowest BCUT2D eigenvalue weighted by molar-refractivity contribution is 0.0921. The van der Waals surface area contributed by atoms with E-state index in [1.807, 2.05) is 37.3 Å². The molecule has 5 heteroatoms. The number of nitrogens with zero attached hydrogens (tertiary/aromatic N) is 2. The Bertz CT molecular complexity index is 563. The molecule has 0 spiro atoms. The topological polar surface area (TPSA) is 67.2 Å². The van der Waals surface area contributed by atoms with Crippen LogP contribution in [0.2, 0.25) is 0 Å². The summed E-state index contributed by atoms with van der Waals surface area (Å²) in [6.07, 6.45) is 1.54. The fourth-order valence-corrected chi connectivity index (χ4v) is 1.81. The highest BCUT2D eigenvalue weighted by Gasteiger charge is 2.16. The Hall–Kier alpha value is -2.14. The van der Waals surface area contributed by atoms with E-state index in [0.29, 0.717) is 5.56 Å². The fraction of sp³-hybridized carbons (Fsp3) is 0.286. The quantitative estimate of drug-likeness (QED) is 0.869. The highest BCUT2D eigenvalue weighted by atomic mass is 16.3. The Labute approximate surface area is 111 Å². The van der Waals surface area contributed by atoms with Gasteiger partial charge in [-0.15, -0.1) is 0 Å². The van der Waals surface area contributed by atoms with Gasteiger partial charge in [-0.05, 0) is 26.0 Å².